The van der Waals surface area contributed by atoms with Crippen molar-refractivity contribution >= 4 is 16.7 Å². The van der Waals surface area contributed by atoms with E-state index in [9.17, 15) is 4.39 Å². The second-order valence-electron chi connectivity index (χ2n) is 8.07. The Morgan fingerprint density at radius 1 is 0.903 bits per heavy atom. The van der Waals surface area contributed by atoms with E-state index in [2.05, 4.69) is 36.9 Å². The summed E-state index contributed by atoms with van der Waals surface area (Å²) in [5.41, 5.74) is 4.54. The lowest BCUT2D eigenvalue weighted by atomic mass is 9.93. The van der Waals surface area contributed by atoms with Crippen molar-refractivity contribution in [3.05, 3.63) is 71.8 Å². The summed E-state index contributed by atoms with van der Waals surface area (Å²) in [6.07, 6.45) is 4.60. The number of hydrogen-bond donors (Lipinski definition) is 1. The molecular weight excluding hydrogens is 387 g/mol. The summed E-state index contributed by atoms with van der Waals surface area (Å²) in [5, 5.41) is 9.37. The lowest BCUT2D eigenvalue weighted by molar-refractivity contribution is 0.617. The number of unbranched alkanes of at least 4 members (excludes halogenated alkanes) is 2. The molecule has 0 amide bonds. The molecule has 0 fully saturated rings. The zero-order valence-electron chi connectivity index (χ0n) is 18.2. The molecule has 4 heteroatoms. The number of rotatable bonds is 8. The number of fused-ring (bicyclic) bond motifs is 2. The minimum absolute atomic E-state index is 0.265. The number of nitrogens with one attached hydrogen (secondary N) is 1. The molecule has 3 nitrogen and oxygen atoms in total. The molecular formula is C27H29FN2O. The predicted molar refractivity (Wildman–Crippen MR) is 126 cm³/mol. The van der Waals surface area contributed by atoms with Gasteiger partial charge in [0, 0.05) is 47.4 Å². The Hall–Kier alpha value is -3.14. The van der Waals surface area contributed by atoms with Crippen molar-refractivity contribution in [2.24, 2.45) is 0 Å². The van der Waals surface area contributed by atoms with Gasteiger partial charge in [-0.15, -0.1) is 0 Å². The predicted octanol–water partition coefficient (Wildman–Crippen LogP) is 7.23. The van der Waals surface area contributed by atoms with Gasteiger partial charge in [-0.25, -0.2) is 4.39 Å². The largest absolute Gasteiger partial charge is 0.456 e. The fourth-order valence-electron chi connectivity index (χ4n) is 4.10. The molecule has 4 rings (SSSR count). The highest BCUT2D eigenvalue weighted by Gasteiger charge is 2.18. The van der Waals surface area contributed by atoms with Crippen LogP contribution in [0.25, 0.3) is 33.4 Å². The maximum atomic E-state index is 14.1. The molecule has 160 valence electrons. The van der Waals surface area contributed by atoms with E-state index in [4.69, 9.17) is 9.83 Å². The molecule has 1 aliphatic carbocycles. The van der Waals surface area contributed by atoms with Crippen LogP contribution in [-0.2, 0) is 0 Å². The summed E-state index contributed by atoms with van der Waals surface area (Å²) in [5.74, 6) is 0.378. The number of halogens is 1. The van der Waals surface area contributed by atoms with Crippen molar-refractivity contribution in [2.75, 3.05) is 18.0 Å². The molecule has 0 atom stereocenters. The number of nitrogens with zero attached hydrogens (tertiary/aromatic N) is 1. The lowest BCUT2D eigenvalue weighted by Gasteiger charge is -2.25. The van der Waals surface area contributed by atoms with Gasteiger partial charge in [-0.2, -0.15) is 0 Å². The van der Waals surface area contributed by atoms with Crippen LogP contribution >= 0.6 is 0 Å². The van der Waals surface area contributed by atoms with E-state index in [1.54, 1.807) is 24.3 Å². The molecule has 0 saturated heterocycles. The van der Waals surface area contributed by atoms with Crippen LogP contribution in [0.5, 0.6) is 0 Å². The van der Waals surface area contributed by atoms with Gasteiger partial charge in [0.2, 0.25) is 0 Å². The number of anilines is 1. The molecule has 0 saturated carbocycles. The second-order valence-corrected chi connectivity index (χ2v) is 8.07. The quantitative estimate of drug-likeness (QED) is 0.308. The van der Waals surface area contributed by atoms with E-state index < -0.39 is 0 Å². The van der Waals surface area contributed by atoms with Crippen LogP contribution in [0, 0.1) is 11.2 Å². The van der Waals surface area contributed by atoms with Gasteiger partial charge in [0.1, 0.15) is 17.2 Å². The Kier molecular flexibility index (Phi) is 6.36. The summed E-state index contributed by atoms with van der Waals surface area (Å²) < 4.78 is 20.3. The van der Waals surface area contributed by atoms with E-state index in [0.29, 0.717) is 11.1 Å². The maximum absolute atomic E-state index is 14.1. The summed E-state index contributed by atoms with van der Waals surface area (Å²) in [4.78, 5) is 2.43. The molecule has 0 spiro atoms. The Morgan fingerprint density at radius 3 is 2.39 bits per heavy atom. The first-order chi connectivity index (χ1) is 15.1. The third kappa shape index (κ3) is 4.48. The topological polar surface area (TPSA) is 40.2 Å². The summed E-state index contributed by atoms with van der Waals surface area (Å²) in [7, 11) is 0. The van der Waals surface area contributed by atoms with E-state index >= 15 is 0 Å². The van der Waals surface area contributed by atoms with E-state index in [0.717, 1.165) is 72.1 Å². The standard InChI is InChI=1S/C27H29FN2O/c1-3-5-14-30(15-6-4-2)22-11-13-24-26(18-22)31-25-17-21(29)10-12-23(25)27(24)19-8-7-9-20(28)16-19/h7-13,16-18,29H,3-6,14-15H2,1-2H3. The third-order valence-electron chi connectivity index (χ3n) is 5.75. The van der Waals surface area contributed by atoms with Crippen LogP contribution in [0.4, 0.5) is 10.1 Å². The van der Waals surface area contributed by atoms with Crippen LogP contribution in [0.1, 0.15) is 39.5 Å². The fraction of sp³-hybridized carbons (Fsp3) is 0.296. The first kappa shape index (κ1) is 21.1. The number of hydrogen-bond acceptors (Lipinski definition) is 3. The minimum Gasteiger partial charge on any atom is -0.456 e. The highest BCUT2D eigenvalue weighted by molar-refractivity contribution is 6.02. The minimum atomic E-state index is -0.265. The highest BCUT2D eigenvalue weighted by atomic mass is 19.1. The van der Waals surface area contributed by atoms with Crippen LogP contribution in [-0.4, -0.2) is 13.1 Å². The zero-order valence-corrected chi connectivity index (χ0v) is 18.2. The van der Waals surface area contributed by atoms with Gasteiger partial charge in [-0.05, 0) is 54.8 Å². The first-order valence-electron chi connectivity index (χ1n) is 11.2. The van der Waals surface area contributed by atoms with Gasteiger partial charge in [0.15, 0.2) is 0 Å². The van der Waals surface area contributed by atoms with Crippen LogP contribution < -0.4 is 10.3 Å². The molecule has 2 aliphatic rings. The molecule has 1 heterocycles. The van der Waals surface area contributed by atoms with Crippen molar-refractivity contribution < 1.29 is 8.81 Å². The Morgan fingerprint density at radius 2 is 1.68 bits per heavy atom. The SMILES string of the molecule is CCCCN(CCCC)c1ccc2c(-c3cccc(F)c3)c3ccc(=N)cc-3oc2c1. The van der Waals surface area contributed by atoms with Crippen molar-refractivity contribution in [1.29, 1.82) is 5.41 Å². The normalized spacial score (nSPS) is 11.3. The molecule has 1 aliphatic heterocycles. The van der Waals surface area contributed by atoms with Gasteiger partial charge in [-0.3, -0.25) is 0 Å². The maximum Gasteiger partial charge on any atom is 0.137 e. The van der Waals surface area contributed by atoms with Gasteiger partial charge < -0.3 is 14.7 Å². The van der Waals surface area contributed by atoms with Crippen molar-refractivity contribution in [2.45, 2.75) is 39.5 Å². The van der Waals surface area contributed by atoms with E-state index in [-0.39, 0.29) is 5.82 Å². The highest BCUT2D eigenvalue weighted by Crippen LogP contribution is 2.40. The van der Waals surface area contributed by atoms with E-state index in [1.807, 2.05) is 12.1 Å². The van der Waals surface area contributed by atoms with Gasteiger partial charge >= 0.3 is 0 Å². The molecule has 0 aromatic heterocycles. The molecule has 0 radical (unpaired) electrons. The zero-order chi connectivity index (χ0) is 21.8. The molecule has 2 aromatic carbocycles. The Balaban J connectivity index is 1.92. The van der Waals surface area contributed by atoms with Gasteiger partial charge in [0.05, 0.1) is 5.36 Å². The smallest absolute Gasteiger partial charge is 0.137 e. The molecule has 2 aromatic rings. The third-order valence-corrected chi connectivity index (χ3v) is 5.75. The first-order valence-corrected chi connectivity index (χ1v) is 11.2. The average Bonchev–Trinajstić information content (AvgIpc) is 2.77. The molecule has 1 N–H and O–H groups in total. The fourth-order valence-corrected chi connectivity index (χ4v) is 4.10. The van der Waals surface area contributed by atoms with Gasteiger partial charge in [0.25, 0.3) is 0 Å². The number of benzene rings is 3. The molecule has 0 unspecified atom stereocenters. The summed E-state index contributed by atoms with van der Waals surface area (Å²) in [6, 6.07) is 18.4. The summed E-state index contributed by atoms with van der Waals surface area (Å²) in [6.45, 7) is 6.46. The second kappa shape index (κ2) is 9.34. The van der Waals surface area contributed by atoms with Crippen LogP contribution in [0.15, 0.2) is 65.1 Å². The molecule has 31 heavy (non-hydrogen) atoms. The van der Waals surface area contributed by atoms with Crippen LogP contribution in [0.2, 0.25) is 0 Å². The Labute approximate surface area is 183 Å². The lowest BCUT2D eigenvalue weighted by Crippen LogP contribution is -2.25. The monoisotopic (exact) mass is 416 g/mol. The Bertz CT molecular complexity index is 1210. The average molecular weight is 417 g/mol. The van der Waals surface area contributed by atoms with Crippen LogP contribution in [0.3, 0.4) is 0 Å². The van der Waals surface area contributed by atoms with Gasteiger partial charge in [-0.1, -0.05) is 38.8 Å². The van der Waals surface area contributed by atoms with E-state index in [1.165, 1.54) is 6.07 Å². The van der Waals surface area contributed by atoms with Crippen molar-refractivity contribution in [3.8, 4) is 22.5 Å². The summed E-state index contributed by atoms with van der Waals surface area (Å²) >= 11 is 0. The molecule has 0 bridgehead atoms. The van der Waals surface area contributed by atoms with Crippen molar-refractivity contribution in [3.63, 3.8) is 0 Å². The van der Waals surface area contributed by atoms with Crippen molar-refractivity contribution in [1.82, 2.24) is 0 Å².